The Balaban J connectivity index is 1.32. The van der Waals surface area contributed by atoms with Crippen LogP contribution >= 0.6 is 15.9 Å². The van der Waals surface area contributed by atoms with Crippen LogP contribution in [0.25, 0.3) is 11.1 Å². The minimum Gasteiger partial charge on any atom is -0.449 e. The molecule has 30 heavy (non-hydrogen) atoms. The summed E-state index contributed by atoms with van der Waals surface area (Å²) in [4.78, 5) is 12.8. The number of aliphatic hydroxyl groups excluding tert-OH is 1. The summed E-state index contributed by atoms with van der Waals surface area (Å²) in [5.74, 6) is 0.0266. The number of nitrogens with one attached hydrogen (secondary N) is 1. The van der Waals surface area contributed by atoms with Crippen LogP contribution in [0.3, 0.4) is 0 Å². The summed E-state index contributed by atoms with van der Waals surface area (Å²) in [5, 5.41) is 13.0. The smallest absolute Gasteiger partial charge is 0.407 e. The Kier molecular flexibility index (Phi) is 4.88. The van der Waals surface area contributed by atoms with E-state index in [-0.39, 0.29) is 12.5 Å². The van der Waals surface area contributed by atoms with Crippen LogP contribution in [0, 0.1) is 0 Å². The van der Waals surface area contributed by atoms with Crippen molar-refractivity contribution in [3.8, 4) is 11.1 Å². The zero-order chi connectivity index (χ0) is 20.7. The van der Waals surface area contributed by atoms with Gasteiger partial charge < -0.3 is 15.2 Å². The molecular formula is C25H22BrNO3. The fraction of sp³-hybridized carbons (Fsp3) is 0.240. The molecule has 0 bridgehead atoms. The van der Waals surface area contributed by atoms with E-state index < -0.39 is 17.7 Å². The number of hydrogen-bond donors (Lipinski definition) is 2. The average Bonchev–Trinajstić information content (AvgIpc) is 3.05. The molecule has 2 N–H and O–H groups in total. The van der Waals surface area contributed by atoms with Gasteiger partial charge in [-0.2, -0.15) is 0 Å². The van der Waals surface area contributed by atoms with Crippen molar-refractivity contribution < 1.29 is 14.6 Å². The third-order valence-electron chi connectivity index (χ3n) is 6.25. The zero-order valence-corrected chi connectivity index (χ0v) is 17.9. The second kappa shape index (κ2) is 7.56. The molecule has 0 atom stereocenters. The van der Waals surface area contributed by atoms with Crippen molar-refractivity contribution >= 4 is 22.0 Å². The minimum absolute atomic E-state index is 0.0266. The predicted molar refractivity (Wildman–Crippen MR) is 119 cm³/mol. The quantitative estimate of drug-likeness (QED) is 0.548. The SMILES string of the molecule is O=C(NC1(c2ccc(Br)cc2)CC(O)C1)OCC1c2ccccc2-c2ccccc21. The van der Waals surface area contributed by atoms with Crippen LogP contribution in [0.2, 0.25) is 0 Å². The van der Waals surface area contributed by atoms with E-state index in [1.54, 1.807) is 0 Å². The topological polar surface area (TPSA) is 58.6 Å². The van der Waals surface area contributed by atoms with Gasteiger partial charge in [-0.3, -0.25) is 0 Å². The van der Waals surface area contributed by atoms with Crippen molar-refractivity contribution in [1.82, 2.24) is 5.32 Å². The first kappa shape index (κ1) is 19.3. The largest absolute Gasteiger partial charge is 0.449 e. The van der Waals surface area contributed by atoms with E-state index >= 15 is 0 Å². The summed E-state index contributed by atoms with van der Waals surface area (Å²) in [6.07, 6.45) is 0.103. The molecule has 2 aliphatic carbocycles. The molecule has 0 aromatic heterocycles. The van der Waals surface area contributed by atoms with Gasteiger partial charge in [0.2, 0.25) is 0 Å². The maximum atomic E-state index is 12.8. The lowest BCUT2D eigenvalue weighted by atomic mass is 9.70. The molecule has 0 unspecified atom stereocenters. The lowest BCUT2D eigenvalue weighted by molar-refractivity contribution is -0.00163. The molecule has 2 aliphatic rings. The first-order chi connectivity index (χ1) is 14.6. The molecular weight excluding hydrogens is 442 g/mol. The summed E-state index contributed by atoms with van der Waals surface area (Å²) >= 11 is 3.44. The number of benzene rings is 3. The van der Waals surface area contributed by atoms with Crippen molar-refractivity contribution in [3.63, 3.8) is 0 Å². The number of hydrogen-bond acceptors (Lipinski definition) is 3. The van der Waals surface area contributed by atoms with Crippen molar-refractivity contribution in [1.29, 1.82) is 0 Å². The molecule has 0 aliphatic heterocycles. The molecule has 152 valence electrons. The van der Waals surface area contributed by atoms with Gasteiger partial charge in [0, 0.05) is 23.2 Å². The highest BCUT2D eigenvalue weighted by molar-refractivity contribution is 9.10. The van der Waals surface area contributed by atoms with E-state index in [1.165, 1.54) is 22.3 Å². The van der Waals surface area contributed by atoms with Crippen molar-refractivity contribution in [2.24, 2.45) is 0 Å². The molecule has 5 heteroatoms. The summed E-state index contributed by atoms with van der Waals surface area (Å²) in [7, 11) is 0. The van der Waals surface area contributed by atoms with Gasteiger partial charge in [-0.1, -0.05) is 76.6 Å². The monoisotopic (exact) mass is 463 g/mol. The number of carbonyl (C=O) groups is 1. The van der Waals surface area contributed by atoms with Gasteiger partial charge in [0.25, 0.3) is 0 Å². The Hall–Kier alpha value is -2.63. The molecule has 1 saturated carbocycles. The van der Waals surface area contributed by atoms with Crippen LogP contribution in [0.15, 0.2) is 77.3 Å². The number of rotatable bonds is 4. The average molecular weight is 464 g/mol. The Labute approximate surface area is 184 Å². The maximum absolute atomic E-state index is 12.8. The molecule has 3 aromatic rings. The highest BCUT2D eigenvalue weighted by Gasteiger charge is 2.46. The van der Waals surface area contributed by atoms with Gasteiger partial charge in [-0.25, -0.2) is 4.79 Å². The van der Waals surface area contributed by atoms with Gasteiger partial charge in [0.05, 0.1) is 11.6 Å². The Bertz CT molecular complexity index is 1040. The van der Waals surface area contributed by atoms with Gasteiger partial charge >= 0.3 is 6.09 Å². The van der Waals surface area contributed by atoms with Gasteiger partial charge in [0.1, 0.15) is 6.61 Å². The highest BCUT2D eigenvalue weighted by Crippen LogP contribution is 2.45. The standard InChI is InChI=1S/C25H22BrNO3/c26-17-11-9-16(10-12-17)25(13-18(28)14-25)27-24(29)30-15-23-21-7-3-1-5-19(21)20-6-2-4-8-22(20)23/h1-12,18,23,28H,13-15H2,(H,27,29). The number of aliphatic hydroxyl groups is 1. The normalized spacial score (nSPS) is 22.0. The summed E-state index contributed by atoms with van der Waals surface area (Å²) < 4.78 is 6.69. The van der Waals surface area contributed by atoms with Crippen LogP contribution in [0.5, 0.6) is 0 Å². The third kappa shape index (κ3) is 3.32. The fourth-order valence-electron chi connectivity index (χ4n) is 4.75. The molecule has 4 nitrogen and oxygen atoms in total. The van der Waals surface area contributed by atoms with E-state index in [0.29, 0.717) is 12.8 Å². The van der Waals surface area contributed by atoms with Gasteiger partial charge in [-0.05, 0) is 39.9 Å². The van der Waals surface area contributed by atoms with Crippen LogP contribution in [0.1, 0.15) is 35.4 Å². The summed E-state index contributed by atoms with van der Waals surface area (Å²) in [6.45, 7) is 0.277. The first-order valence-corrected chi connectivity index (χ1v) is 10.9. The molecule has 5 rings (SSSR count). The molecule has 0 heterocycles. The van der Waals surface area contributed by atoms with Crippen LogP contribution < -0.4 is 5.32 Å². The molecule has 0 radical (unpaired) electrons. The number of alkyl carbamates (subject to hydrolysis) is 1. The minimum atomic E-state index is -0.581. The summed E-state index contributed by atoms with van der Waals surface area (Å²) in [6, 6.07) is 24.4. The van der Waals surface area contributed by atoms with Crippen LogP contribution in [-0.2, 0) is 10.3 Å². The zero-order valence-electron chi connectivity index (χ0n) is 16.3. The van der Waals surface area contributed by atoms with E-state index in [2.05, 4.69) is 45.5 Å². The van der Waals surface area contributed by atoms with Crippen molar-refractivity contribution in [2.75, 3.05) is 6.61 Å². The van der Waals surface area contributed by atoms with E-state index in [0.717, 1.165) is 10.0 Å². The maximum Gasteiger partial charge on any atom is 0.407 e. The molecule has 0 saturated heterocycles. The number of carbonyl (C=O) groups excluding carboxylic acids is 1. The van der Waals surface area contributed by atoms with Gasteiger partial charge in [0.15, 0.2) is 0 Å². The third-order valence-corrected chi connectivity index (χ3v) is 6.78. The lowest BCUT2D eigenvalue weighted by Crippen LogP contribution is -2.57. The highest BCUT2D eigenvalue weighted by atomic mass is 79.9. The second-order valence-electron chi connectivity index (χ2n) is 8.10. The summed E-state index contributed by atoms with van der Waals surface area (Å²) in [5.41, 5.74) is 5.18. The fourth-order valence-corrected chi connectivity index (χ4v) is 5.02. The van der Waals surface area contributed by atoms with Crippen molar-refractivity contribution in [3.05, 3.63) is 94.0 Å². The Morgan fingerprint density at radius 2 is 1.53 bits per heavy atom. The number of halogens is 1. The first-order valence-electron chi connectivity index (χ1n) is 10.1. The second-order valence-corrected chi connectivity index (χ2v) is 9.02. The number of fused-ring (bicyclic) bond motifs is 3. The van der Waals surface area contributed by atoms with E-state index in [9.17, 15) is 9.90 Å². The van der Waals surface area contributed by atoms with Crippen LogP contribution in [-0.4, -0.2) is 23.9 Å². The van der Waals surface area contributed by atoms with Crippen LogP contribution in [0.4, 0.5) is 4.79 Å². The predicted octanol–water partition coefficient (Wildman–Crippen LogP) is 5.34. The number of amides is 1. The van der Waals surface area contributed by atoms with Gasteiger partial charge in [-0.15, -0.1) is 0 Å². The molecule has 1 fully saturated rings. The lowest BCUT2D eigenvalue weighted by Gasteiger charge is -2.46. The Morgan fingerprint density at radius 3 is 2.10 bits per heavy atom. The van der Waals surface area contributed by atoms with Crippen molar-refractivity contribution in [2.45, 2.75) is 30.4 Å². The Morgan fingerprint density at radius 1 is 0.967 bits per heavy atom. The molecule has 3 aromatic carbocycles. The molecule has 1 amide bonds. The van der Waals surface area contributed by atoms with E-state index in [4.69, 9.17) is 4.74 Å². The number of ether oxygens (including phenoxy) is 1. The van der Waals surface area contributed by atoms with E-state index in [1.807, 2.05) is 48.5 Å². The molecule has 0 spiro atoms.